The van der Waals surface area contributed by atoms with Crippen LogP contribution < -0.4 is 0 Å². The van der Waals surface area contributed by atoms with E-state index >= 15 is 0 Å². The zero-order chi connectivity index (χ0) is 9.52. The van der Waals surface area contributed by atoms with E-state index < -0.39 is 0 Å². The molecule has 0 bridgehead atoms. The highest BCUT2D eigenvalue weighted by molar-refractivity contribution is 6.38. The van der Waals surface area contributed by atoms with Crippen molar-refractivity contribution in [1.82, 2.24) is 0 Å². The molecule has 75 valence electrons. The summed E-state index contributed by atoms with van der Waals surface area (Å²) >= 11 is 0. The van der Waals surface area contributed by atoms with Crippen LogP contribution in [0.5, 0.6) is 0 Å². The monoisotopic (exact) mass is 179 g/mol. The van der Waals surface area contributed by atoms with E-state index in [4.69, 9.17) is 0 Å². The van der Waals surface area contributed by atoms with E-state index in [0.29, 0.717) is 0 Å². The van der Waals surface area contributed by atoms with Crippen molar-refractivity contribution >= 4 is 7.28 Å². The first-order valence-electron chi connectivity index (χ1n) is 6.21. The van der Waals surface area contributed by atoms with Gasteiger partial charge in [-0.3, -0.25) is 0 Å². The van der Waals surface area contributed by atoms with Crippen LogP contribution in [0.2, 0.25) is 12.1 Å². The van der Waals surface area contributed by atoms with Gasteiger partial charge in [0.15, 0.2) is 0 Å². The number of rotatable bonds is 6. The van der Waals surface area contributed by atoms with E-state index in [2.05, 4.69) is 21.1 Å². The van der Waals surface area contributed by atoms with Gasteiger partial charge in [0.2, 0.25) is 0 Å². The fourth-order valence-electron chi connectivity index (χ4n) is 2.64. The van der Waals surface area contributed by atoms with Crippen LogP contribution in [-0.2, 0) is 0 Å². The van der Waals surface area contributed by atoms with E-state index in [1.807, 2.05) is 0 Å². The van der Waals surface area contributed by atoms with Crippen molar-refractivity contribution in [1.29, 1.82) is 0 Å². The summed E-state index contributed by atoms with van der Waals surface area (Å²) in [5.74, 6) is 2.00. The molecule has 1 aliphatic rings. The van der Waals surface area contributed by atoms with Crippen molar-refractivity contribution in [3.05, 3.63) is 0 Å². The molecule has 2 atom stereocenters. The normalized spacial score (nSPS) is 24.3. The molecular formula is C12H24B. The second-order valence-electron chi connectivity index (χ2n) is 4.52. The second-order valence-corrected chi connectivity index (χ2v) is 4.52. The molecule has 0 amide bonds. The van der Waals surface area contributed by atoms with Crippen LogP contribution in [0.3, 0.4) is 0 Å². The Morgan fingerprint density at radius 3 is 2.62 bits per heavy atom. The summed E-state index contributed by atoms with van der Waals surface area (Å²) in [7, 11) is 2.59. The van der Waals surface area contributed by atoms with Crippen LogP contribution in [0.15, 0.2) is 0 Å². The summed E-state index contributed by atoms with van der Waals surface area (Å²) in [4.78, 5) is 0. The average molecular weight is 179 g/mol. The predicted octanol–water partition coefficient (Wildman–Crippen LogP) is 4.30. The maximum absolute atomic E-state index is 2.59. The smallest absolute Gasteiger partial charge is 0.0800 e. The summed E-state index contributed by atoms with van der Waals surface area (Å²) in [5.41, 5.74) is 0. The Balaban J connectivity index is 2.26. The zero-order valence-corrected chi connectivity index (χ0v) is 9.39. The molecule has 0 nitrogen and oxygen atoms in total. The van der Waals surface area contributed by atoms with Crippen LogP contribution in [0.25, 0.3) is 0 Å². The molecule has 1 saturated heterocycles. The van der Waals surface area contributed by atoms with E-state index in [1.54, 1.807) is 0 Å². The number of unbranched alkanes of at least 4 members (excludes halogenated alkanes) is 1. The molecule has 1 radical (unpaired) electrons. The van der Waals surface area contributed by atoms with Gasteiger partial charge in [-0.25, -0.2) is 0 Å². The minimum absolute atomic E-state index is 0.978. The summed E-state index contributed by atoms with van der Waals surface area (Å²) in [5, 5.41) is 0. The van der Waals surface area contributed by atoms with Crippen LogP contribution in [0, 0.1) is 5.92 Å². The maximum atomic E-state index is 2.59. The van der Waals surface area contributed by atoms with Crippen molar-refractivity contribution in [2.75, 3.05) is 0 Å². The first-order chi connectivity index (χ1) is 6.38. The van der Waals surface area contributed by atoms with Gasteiger partial charge in [0.1, 0.15) is 7.28 Å². The Morgan fingerprint density at radius 1 is 1.23 bits per heavy atom. The van der Waals surface area contributed by atoms with Crippen molar-refractivity contribution in [2.24, 2.45) is 5.92 Å². The lowest BCUT2D eigenvalue weighted by atomic mass is 9.60. The lowest BCUT2D eigenvalue weighted by molar-refractivity contribution is 0.398. The summed E-state index contributed by atoms with van der Waals surface area (Å²) in [6.45, 7) is 4.63. The van der Waals surface area contributed by atoms with Crippen LogP contribution in [0.4, 0.5) is 0 Å². The first-order valence-corrected chi connectivity index (χ1v) is 6.21. The van der Waals surface area contributed by atoms with Gasteiger partial charge in [0, 0.05) is 0 Å². The predicted molar refractivity (Wildman–Crippen MR) is 61.5 cm³/mol. The van der Waals surface area contributed by atoms with Crippen molar-refractivity contribution in [2.45, 2.75) is 70.9 Å². The third-order valence-corrected chi connectivity index (χ3v) is 3.40. The lowest BCUT2D eigenvalue weighted by Crippen LogP contribution is -2.10. The molecule has 1 fully saturated rings. The third-order valence-electron chi connectivity index (χ3n) is 3.40. The molecule has 0 saturated carbocycles. The van der Waals surface area contributed by atoms with Gasteiger partial charge in [-0.15, -0.1) is 0 Å². The van der Waals surface area contributed by atoms with Crippen LogP contribution in [0.1, 0.15) is 58.8 Å². The molecule has 2 unspecified atom stereocenters. The Morgan fingerprint density at radius 2 is 2.08 bits per heavy atom. The molecule has 0 aromatic heterocycles. The fraction of sp³-hybridized carbons (Fsp3) is 1.00. The van der Waals surface area contributed by atoms with Gasteiger partial charge in [-0.2, -0.15) is 0 Å². The van der Waals surface area contributed by atoms with Gasteiger partial charge >= 0.3 is 0 Å². The lowest BCUT2D eigenvalue weighted by Gasteiger charge is -2.22. The largest absolute Gasteiger partial charge is 0.113 e. The number of hydrogen-bond acceptors (Lipinski definition) is 0. The second kappa shape index (κ2) is 6.51. The van der Waals surface area contributed by atoms with Gasteiger partial charge in [0.25, 0.3) is 0 Å². The summed E-state index contributed by atoms with van der Waals surface area (Å²) < 4.78 is 0. The van der Waals surface area contributed by atoms with Gasteiger partial charge < -0.3 is 0 Å². The highest BCUT2D eigenvalue weighted by Gasteiger charge is 2.24. The van der Waals surface area contributed by atoms with Crippen molar-refractivity contribution in [3.63, 3.8) is 0 Å². The van der Waals surface area contributed by atoms with E-state index in [0.717, 1.165) is 11.7 Å². The Kier molecular flexibility index (Phi) is 5.58. The van der Waals surface area contributed by atoms with Crippen molar-refractivity contribution < 1.29 is 0 Å². The van der Waals surface area contributed by atoms with Crippen molar-refractivity contribution in [3.8, 4) is 0 Å². The molecule has 0 spiro atoms. The molecule has 0 N–H and O–H groups in total. The standard InChI is InChI=1S/C12H24B/c1-3-5-8-11(7-4-2)12-9-6-10-13-12/h11-12H,3-10H2,1-2H3. The highest BCUT2D eigenvalue weighted by Crippen LogP contribution is 2.36. The molecule has 1 heterocycles. The molecule has 0 aromatic carbocycles. The Bertz CT molecular complexity index is 116. The fourth-order valence-corrected chi connectivity index (χ4v) is 2.64. The van der Waals surface area contributed by atoms with E-state index in [1.165, 1.54) is 51.3 Å². The topological polar surface area (TPSA) is 0 Å². The molecule has 1 heteroatoms. The van der Waals surface area contributed by atoms with Gasteiger partial charge in [0.05, 0.1) is 0 Å². The van der Waals surface area contributed by atoms with E-state index in [-0.39, 0.29) is 0 Å². The molecule has 1 rings (SSSR count). The molecule has 1 aliphatic heterocycles. The minimum Gasteiger partial charge on any atom is -0.0800 e. The minimum atomic E-state index is 0.978. The molecular weight excluding hydrogens is 155 g/mol. The quantitative estimate of drug-likeness (QED) is 0.533. The van der Waals surface area contributed by atoms with Gasteiger partial charge in [-0.05, 0) is 5.92 Å². The Labute approximate surface area is 84.7 Å². The van der Waals surface area contributed by atoms with Crippen LogP contribution >= 0.6 is 0 Å². The third kappa shape index (κ3) is 3.75. The first kappa shape index (κ1) is 11.1. The number of hydrogen-bond donors (Lipinski definition) is 0. The molecule has 0 aliphatic carbocycles. The maximum Gasteiger partial charge on any atom is 0.113 e. The van der Waals surface area contributed by atoms with Gasteiger partial charge in [-0.1, -0.05) is 70.9 Å². The average Bonchev–Trinajstić information content (AvgIpc) is 2.65. The summed E-state index contributed by atoms with van der Waals surface area (Å²) in [6, 6.07) is 0. The molecule has 0 aromatic rings. The molecule has 13 heavy (non-hydrogen) atoms. The zero-order valence-electron chi connectivity index (χ0n) is 9.39. The van der Waals surface area contributed by atoms with Crippen LogP contribution in [-0.4, -0.2) is 7.28 Å². The van der Waals surface area contributed by atoms with E-state index in [9.17, 15) is 0 Å². The summed E-state index contributed by atoms with van der Waals surface area (Å²) in [6.07, 6.45) is 11.4. The Hall–Kier alpha value is 0.0649. The highest BCUT2D eigenvalue weighted by atomic mass is 14.2. The SMILES string of the molecule is CCCCC(CCC)C1[B]CCC1.